The molecule has 16 heavy (non-hydrogen) atoms. The Morgan fingerprint density at radius 2 is 1.94 bits per heavy atom. The molecular weight excluding hydrogens is 196 g/mol. The summed E-state index contributed by atoms with van der Waals surface area (Å²) in [7, 11) is 0. The highest BCUT2D eigenvalue weighted by Gasteiger charge is 2.21. The summed E-state index contributed by atoms with van der Waals surface area (Å²) in [6.07, 6.45) is 1.35. The van der Waals surface area contributed by atoms with Gasteiger partial charge < -0.3 is 10.6 Å². The number of rotatable bonds is 2. The van der Waals surface area contributed by atoms with Crippen LogP contribution in [0.4, 0.5) is 5.69 Å². The van der Waals surface area contributed by atoms with Crippen LogP contribution in [0.3, 0.4) is 0 Å². The minimum absolute atomic E-state index is 0.632. The van der Waals surface area contributed by atoms with E-state index in [1.165, 1.54) is 30.8 Å². The van der Waals surface area contributed by atoms with Crippen molar-refractivity contribution < 1.29 is 0 Å². The van der Waals surface area contributed by atoms with E-state index in [0.29, 0.717) is 6.54 Å². The summed E-state index contributed by atoms with van der Waals surface area (Å²) >= 11 is 0. The molecule has 2 rings (SSSR count). The molecule has 0 spiro atoms. The second kappa shape index (κ2) is 4.88. The third-order valence-electron chi connectivity index (χ3n) is 3.38. The Kier molecular flexibility index (Phi) is 3.49. The van der Waals surface area contributed by atoms with Gasteiger partial charge in [-0.3, -0.25) is 0 Å². The maximum absolute atomic E-state index is 5.68. The Labute approximate surface area is 98.4 Å². The summed E-state index contributed by atoms with van der Waals surface area (Å²) in [6.45, 7) is 7.68. The summed E-state index contributed by atoms with van der Waals surface area (Å²) in [6, 6.07) is 8.64. The number of anilines is 1. The molecule has 2 heteroatoms. The lowest BCUT2D eigenvalue weighted by atomic mass is 9.91. The Morgan fingerprint density at radius 1 is 1.25 bits per heavy atom. The number of nitrogens with two attached hydrogens (primary N) is 1. The van der Waals surface area contributed by atoms with Crippen molar-refractivity contribution in [1.82, 2.24) is 0 Å². The fourth-order valence-electron chi connectivity index (χ4n) is 2.75. The van der Waals surface area contributed by atoms with Crippen molar-refractivity contribution in [2.24, 2.45) is 17.6 Å². The highest BCUT2D eigenvalue weighted by atomic mass is 15.1. The van der Waals surface area contributed by atoms with Gasteiger partial charge >= 0.3 is 0 Å². The van der Waals surface area contributed by atoms with Crippen LogP contribution in [0.2, 0.25) is 0 Å². The fraction of sp³-hybridized carbons (Fsp3) is 0.571. The first-order valence-electron chi connectivity index (χ1n) is 6.23. The molecule has 0 radical (unpaired) electrons. The molecule has 1 aromatic carbocycles. The van der Waals surface area contributed by atoms with Crippen molar-refractivity contribution in [3.8, 4) is 0 Å². The first kappa shape index (κ1) is 11.5. The third kappa shape index (κ3) is 2.56. The van der Waals surface area contributed by atoms with E-state index in [2.05, 4.69) is 43.0 Å². The van der Waals surface area contributed by atoms with Crippen molar-refractivity contribution in [3.63, 3.8) is 0 Å². The molecule has 2 nitrogen and oxygen atoms in total. The second-order valence-corrected chi connectivity index (χ2v) is 5.23. The van der Waals surface area contributed by atoms with Gasteiger partial charge in [0, 0.05) is 25.3 Å². The van der Waals surface area contributed by atoms with Crippen LogP contribution >= 0.6 is 0 Å². The standard InChI is InChI=1S/C14H22N2/c1-11-6-12(2)10-16(9-11)14-5-3-4-13(7-14)8-15/h3-5,7,11-12H,6,8-10,15H2,1-2H3. The molecule has 0 bridgehead atoms. The predicted octanol–water partition coefficient (Wildman–Crippen LogP) is 2.63. The minimum Gasteiger partial charge on any atom is -0.371 e. The fourth-order valence-corrected chi connectivity index (χ4v) is 2.75. The predicted molar refractivity (Wildman–Crippen MR) is 69.5 cm³/mol. The van der Waals surface area contributed by atoms with Gasteiger partial charge in [-0.15, -0.1) is 0 Å². The molecule has 1 fully saturated rings. The molecule has 1 heterocycles. The number of nitrogens with zero attached hydrogens (tertiary/aromatic N) is 1. The molecule has 0 aliphatic carbocycles. The molecule has 1 aliphatic rings. The lowest BCUT2D eigenvalue weighted by molar-refractivity contribution is 0.357. The largest absolute Gasteiger partial charge is 0.371 e. The Balaban J connectivity index is 2.16. The zero-order valence-corrected chi connectivity index (χ0v) is 10.3. The van der Waals surface area contributed by atoms with Crippen LogP contribution in [-0.2, 0) is 6.54 Å². The zero-order chi connectivity index (χ0) is 11.5. The lowest BCUT2D eigenvalue weighted by Gasteiger charge is -2.36. The smallest absolute Gasteiger partial charge is 0.0369 e. The minimum atomic E-state index is 0.632. The first-order valence-corrected chi connectivity index (χ1v) is 6.23. The topological polar surface area (TPSA) is 29.3 Å². The van der Waals surface area contributed by atoms with Crippen molar-refractivity contribution in [2.45, 2.75) is 26.8 Å². The van der Waals surface area contributed by atoms with Crippen molar-refractivity contribution in [3.05, 3.63) is 29.8 Å². The third-order valence-corrected chi connectivity index (χ3v) is 3.38. The van der Waals surface area contributed by atoms with Gasteiger partial charge in [0.15, 0.2) is 0 Å². The summed E-state index contributed by atoms with van der Waals surface area (Å²) < 4.78 is 0. The van der Waals surface area contributed by atoms with E-state index in [4.69, 9.17) is 5.73 Å². The van der Waals surface area contributed by atoms with Crippen LogP contribution in [0.1, 0.15) is 25.8 Å². The molecule has 1 saturated heterocycles. The van der Waals surface area contributed by atoms with Crippen molar-refractivity contribution in [2.75, 3.05) is 18.0 Å². The van der Waals surface area contributed by atoms with E-state index >= 15 is 0 Å². The summed E-state index contributed by atoms with van der Waals surface area (Å²) in [5.41, 5.74) is 8.24. The maximum Gasteiger partial charge on any atom is 0.0369 e. The number of piperidine rings is 1. The highest BCUT2D eigenvalue weighted by Crippen LogP contribution is 2.26. The van der Waals surface area contributed by atoms with Gasteiger partial charge in [-0.05, 0) is 36.0 Å². The van der Waals surface area contributed by atoms with Gasteiger partial charge in [-0.2, -0.15) is 0 Å². The van der Waals surface area contributed by atoms with E-state index in [1.807, 2.05) is 0 Å². The monoisotopic (exact) mass is 218 g/mol. The Morgan fingerprint density at radius 3 is 2.56 bits per heavy atom. The summed E-state index contributed by atoms with van der Waals surface area (Å²) in [5.74, 6) is 1.59. The molecule has 2 atom stereocenters. The van der Waals surface area contributed by atoms with Gasteiger partial charge in [-0.25, -0.2) is 0 Å². The van der Waals surface area contributed by atoms with Crippen LogP contribution < -0.4 is 10.6 Å². The Hall–Kier alpha value is -1.02. The van der Waals surface area contributed by atoms with E-state index in [-0.39, 0.29) is 0 Å². The molecule has 1 aliphatic heterocycles. The number of benzene rings is 1. The molecule has 0 amide bonds. The van der Waals surface area contributed by atoms with E-state index in [9.17, 15) is 0 Å². The van der Waals surface area contributed by atoms with Crippen LogP contribution in [0.25, 0.3) is 0 Å². The van der Waals surface area contributed by atoms with E-state index < -0.39 is 0 Å². The quantitative estimate of drug-likeness (QED) is 0.827. The van der Waals surface area contributed by atoms with Crippen LogP contribution in [0.15, 0.2) is 24.3 Å². The molecule has 2 unspecified atom stereocenters. The lowest BCUT2D eigenvalue weighted by Crippen LogP contribution is -2.38. The summed E-state index contributed by atoms with van der Waals surface area (Å²) in [4.78, 5) is 2.50. The molecule has 0 aromatic heterocycles. The average Bonchev–Trinajstić information content (AvgIpc) is 2.28. The van der Waals surface area contributed by atoms with Crippen molar-refractivity contribution in [1.29, 1.82) is 0 Å². The number of hydrogen-bond donors (Lipinski definition) is 1. The average molecular weight is 218 g/mol. The molecule has 1 aromatic rings. The maximum atomic E-state index is 5.68. The highest BCUT2D eigenvalue weighted by molar-refractivity contribution is 5.49. The van der Waals surface area contributed by atoms with Gasteiger partial charge in [-0.1, -0.05) is 26.0 Å². The number of hydrogen-bond acceptors (Lipinski definition) is 2. The first-order chi connectivity index (χ1) is 7.69. The normalized spacial score (nSPS) is 25.8. The van der Waals surface area contributed by atoms with Gasteiger partial charge in [0.25, 0.3) is 0 Å². The SMILES string of the molecule is CC1CC(C)CN(c2cccc(CN)c2)C1. The van der Waals surface area contributed by atoms with Crippen molar-refractivity contribution >= 4 is 5.69 Å². The molecule has 88 valence electrons. The molecule has 2 N–H and O–H groups in total. The summed E-state index contributed by atoms with van der Waals surface area (Å²) in [5, 5.41) is 0. The second-order valence-electron chi connectivity index (χ2n) is 5.23. The van der Waals surface area contributed by atoms with E-state index in [1.54, 1.807) is 0 Å². The van der Waals surface area contributed by atoms with Gasteiger partial charge in [0.2, 0.25) is 0 Å². The van der Waals surface area contributed by atoms with Gasteiger partial charge in [0.05, 0.1) is 0 Å². The molecular formula is C14H22N2. The van der Waals surface area contributed by atoms with Gasteiger partial charge in [0.1, 0.15) is 0 Å². The van der Waals surface area contributed by atoms with Crippen LogP contribution in [0.5, 0.6) is 0 Å². The Bertz CT molecular complexity index is 338. The van der Waals surface area contributed by atoms with Crippen LogP contribution in [-0.4, -0.2) is 13.1 Å². The van der Waals surface area contributed by atoms with Crippen LogP contribution in [0, 0.1) is 11.8 Å². The zero-order valence-electron chi connectivity index (χ0n) is 10.3. The molecule has 0 saturated carbocycles. The van der Waals surface area contributed by atoms with E-state index in [0.717, 1.165) is 11.8 Å².